The van der Waals surface area contributed by atoms with Gasteiger partial charge in [0.25, 0.3) is 0 Å². The van der Waals surface area contributed by atoms with E-state index in [0.29, 0.717) is 0 Å². The third kappa shape index (κ3) is 3.59. The Morgan fingerprint density at radius 1 is 1.24 bits per heavy atom. The molecule has 0 radical (unpaired) electrons. The number of aromatic nitrogens is 2. The molecule has 0 spiro atoms. The number of nitrogens with zero attached hydrogens (tertiary/aromatic N) is 2. The van der Waals surface area contributed by atoms with E-state index in [4.69, 9.17) is 0 Å². The van der Waals surface area contributed by atoms with Crippen molar-refractivity contribution in [3.8, 4) is 0 Å². The Hall–Kier alpha value is -0.780. The molecule has 2 heterocycles. The summed E-state index contributed by atoms with van der Waals surface area (Å²) in [7, 11) is 0. The van der Waals surface area contributed by atoms with Gasteiger partial charge < -0.3 is 5.32 Å². The Morgan fingerprint density at radius 3 is 2.65 bits per heavy atom. The van der Waals surface area contributed by atoms with Crippen LogP contribution in [0.25, 0.3) is 0 Å². The normalized spacial score (nSPS) is 10.8. The number of aryl methyl sites for hydroxylation is 2. The lowest BCUT2D eigenvalue weighted by Gasteiger charge is -2.02. The van der Waals surface area contributed by atoms with Crippen LogP contribution in [0.1, 0.15) is 21.1 Å². The summed E-state index contributed by atoms with van der Waals surface area (Å²) in [6, 6.07) is 2.16. The van der Waals surface area contributed by atoms with Crippen LogP contribution in [-0.4, -0.2) is 9.97 Å². The highest BCUT2D eigenvalue weighted by atomic mass is 79.9. The molecule has 2 rings (SSSR count). The summed E-state index contributed by atoms with van der Waals surface area (Å²) in [6.45, 7) is 5.67. The van der Waals surface area contributed by atoms with Crippen molar-refractivity contribution in [1.82, 2.24) is 15.3 Å². The van der Waals surface area contributed by atoms with Crippen LogP contribution in [0.5, 0.6) is 0 Å². The number of thiophene rings is 1. The molecule has 0 atom stereocenters. The largest absolute Gasteiger partial charge is 0.306 e. The molecule has 3 nitrogen and oxygen atoms in total. The fraction of sp³-hybridized carbons (Fsp3) is 0.333. The summed E-state index contributed by atoms with van der Waals surface area (Å²) in [6.07, 6.45) is 3.61. The summed E-state index contributed by atoms with van der Waals surface area (Å²) in [5.74, 6) is 0. The average molecular weight is 312 g/mol. The smallest absolute Gasteiger partial charge is 0.0724 e. The summed E-state index contributed by atoms with van der Waals surface area (Å²) in [4.78, 5) is 11.2. The highest BCUT2D eigenvalue weighted by molar-refractivity contribution is 9.10. The van der Waals surface area contributed by atoms with E-state index in [0.717, 1.165) is 24.5 Å². The quantitative estimate of drug-likeness (QED) is 0.942. The fourth-order valence-electron chi connectivity index (χ4n) is 1.43. The predicted octanol–water partition coefficient (Wildman–Crippen LogP) is 3.21. The van der Waals surface area contributed by atoms with Gasteiger partial charge in [-0.2, -0.15) is 0 Å². The topological polar surface area (TPSA) is 37.8 Å². The molecule has 2 aromatic rings. The number of hydrogen-bond donors (Lipinski definition) is 1. The third-order valence-corrected chi connectivity index (χ3v) is 4.48. The molecule has 0 aromatic carbocycles. The van der Waals surface area contributed by atoms with Crippen LogP contribution in [0.2, 0.25) is 0 Å². The Labute approximate surface area is 113 Å². The Bertz CT molecular complexity index is 473. The van der Waals surface area contributed by atoms with Crippen molar-refractivity contribution in [1.29, 1.82) is 0 Å². The maximum Gasteiger partial charge on any atom is 0.0724 e. The summed E-state index contributed by atoms with van der Waals surface area (Å²) < 4.78 is 1.19. The van der Waals surface area contributed by atoms with E-state index in [-0.39, 0.29) is 0 Å². The molecule has 0 aliphatic rings. The standard InChI is InChI=1S/C12H14BrN3S/c1-8-4-16-10(6-15-8)5-14-7-11-3-12(13)9(2)17-11/h3-4,6,14H,5,7H2,1-2H3. The van der Waals surface area contributed by atoms with Gasteiger partial charge in [-0.3, -0.25) is 9.97 Å². The molecule has 5 heteroatoms. The molecular weight excluding hydrogens is 298 g/mol. The van der Waals surface area contributed by atoms with Gasteiger partial charge in [0.05, 0.1) is 11.4 Å². The van der Waals surface area contributed by atoms with E-state index in [9.17, 15) is 0 Å². The van der Waals surface area contributed by atoms with Gasteiger partial charge in [0, 0.05) is 39.7 Å². The van der Waals surface area contributed by atoms with Crippen LogP contribution < -0.4 is 5.32 Å². The Morgan fingerprint density at radius 2 is 2.06 bits per heavy atom. The number of hydrogen-bond acceptors (Lipinski definition) is 4. The van der Waals surface area contributed by atoms with E-state index in [1.54, 1.807) is 17.5 Å². The van der Waals surface area contributed by atoms with Gasteiger partial charge in [-0.05, 0) is 35.8 Å². The molecule has 0 saturated heterocycles. The van der Waals surface area contributed by atoms with Crippen LogP contribution >= 0.6 is 27.3 Å². The van der Waals surface area contributed by atoms with Crippen molar-refractivity contribution in [2.24, 2.45) is 0 Å². The number of rotatable bonds is 4. The lowest BCUT2D eigenvalue weighted by Crippen LogP contribution is -2.13. The zero-order chi connectivity index (χ0) is 12.3. The minimum Gasteiger partial charge on any atom is -0.306 e. The van der Waals surface area contributed by atoms with E-state index in [2.05, 4.69) is 44.2 Å². The van der Waals surface area contributed by atoms with Crippen molar-refractivity contribution >= 4 is 27.3 Å². The minimum absolute atomic E-state index is 0.752. The molecule has 0 aliphatic heterocycles. The van der Waals surface area contributed by atoms with Crippen molar-refractivity contribution in [2.45, 2.75) is 26.9 Å². The summed E-state index contributed by atoms with van der Waals surface area (Å²) in [5.41, 5.74) is 1.93. The van der Waals surface area contributed by atoms with E-state index in [1.807, 2.05) is 13.1 Å². The molecule has 1 N–H and O–H groups in total. The molecular formula is C12H14BrN3S. The van der Waals surface area contributed by atoms with Crippen LogP contribution in [-0.2, 0) is 13.1 Å². The average Bonchev–Trinajstić information content (AvgIpc) is 2.61. The second-order valence-corrected chi connectivity index (χ2v) is 6.06. The van der Waals surface area contributed by atoms with Gasteiger partial charge in [-0.15, -0.1) is 11.3 Å². The minimum atomic E-state index is 0.752. The maximum absolute atomic E-state index is 4.30. The van der Waals surface area contributed by atoms with E-state index in [1.165, 1.54) is 14.2 Å². The molecule has 0 bridgehead atoms. The van der Waals surface area contributed by atoms with Crippen LogP contribution in [0.15, 0.2) is 22.9 Å². The fourth-order valence-corrected chi connectivity index (χ4v) is 3.00. The first-order valence-electron chi connectivity index (χ1n) is 5.38. The zero-order valence-electron chi connectivity index (χ0n) is 9.83. The Kier molecular flexibility index (Phi) is 4.25. The first-order chi connectivity index (χ1) is 8.15. The highest BCUT2D eigenvalue weighted by Gasteiger charge is 2.02. The molecule has 0 unspecified atom stereocenters. The molecule has 0 fully saturated rings. The van der Waals surface area contributed by atoms with Crippen molar-refractivity contribution in [3.63, 3.8) is 0 Å². The van der Waals surface area contributed by atoms with Crippen LogP contribution in [0.4, 0.5) is 0 Å². The Balaban J connectivity index is 1.85. The summed E-state index contributed by atoms with van der Waals surface area (Å²) in [5, 5.41) is 3.37. The lowest BCUT2D eigenvalue weighted by molar-refractivity contribution is 0.682. The van der Waals surface area contributed by atoms with Crippen molar-refractivity contribution < 1.29 is 0 Å². The lowest BCUT2D eigenvalue weighted by atomic mass is 10.4. The van der Waals surface area contributed by atoms with Crippen LogP contribution in [0, 0.1) is 13.8 Å². The second-order valence-electron chi connectivity index (χ2n) is 3.87. The van der Waals surface area contributed by atoms with Gasteiger partial charge in [0.2, 0.25) is 0 Å². The molecule has 2 aromatic heterocycles. The second kappa shape index (κ2) is 5.71. The number of nitrogens with one attached hydrogen (secondary N) is 1. The van der Waals surface area contributed by atoms with E-state index < -0.39 is 0 Å². The van der Waals surface area contributed by atoms with Gasteiger partial charge in [-0.25, -0.2) is 0 Å². The van der Waals surface area contributed by atoms with Gasteiger partial charge >= 0.3 is 0 Å². The summed E-state index contributed by atoms with van der Waals surface area (Å²) >= 11 is 5.33. The van der Waals surface area contributed by atoms with Gasteiger partial charge in [-0.1, -0.05) is 0 Å². The monoisotopic (exact) mass is 311 g/mol. The molecule has 17 heavy (non-hydrogen) atoms. The van der Waals surface area contributed by atoms with Crippen molar-refractivity contribution in [3.05, 3.63) is 44.1 Å². The van der Waals surface area contributed by atoms with Crippen molar-refractivity contribution in [2.75, 3.05) is 0 Å². The van der Waals surface area contributed by atoms with Crippen LogP contribution in [0.3, 0.4) is 0 Å². The van der Waals surface area contributed by atoms with Gasteiger partial charge in [0.1, 0.15) is 0 Å². The molecule has 0 saturated carbocycles. The molecule has 90 valence electrons. The predicted molar refractivity (Wildman–Crippen MR) is 74.1 cm³/mol. The van der Waals surface area contributed by atoms with Gasteiger partial charge in [0.15, 0.2) is 0 Å². The molecule has 0 aliphatic carbocycles. The first kappa shape index (κ1) is 12.7. The maximum atomic E-state index is 4.30. The number of halogens is 1. The SMILES string of the molecule is Cc1cnc(CNCc2cc(Br)c(C)s2)cn1. The molecule has 0 amide bonds. The van der Waals surface area contributed by atoms with E-state index >= 15 is 0 Å². The third-order valence-electron chi connectivity index (χ3n) is 2.35. The zero-order valence-corrected chi connectivity index (χ0v) is 12.2. The first-order valence-corrected chi connectivity index (χ1v) is 6.99. The highest BCUT2D eigenvalue weighted by Crippen LogP contribution is 2.26.